The van der Waals surface area contributed by atoms with Crippen molar-refractivity contribution in [3.63, 3.8) is 0 Å². The molecule has 0 bridgehead atoms. The number of nitrogens with two attached hydrogens (primary N) is 1. The van der Waals surface area contributed by atoms with Gasteiger partial charge < -0.3 is 10.6 Å². The molecule has 0 aromatic carbocycles. The molecule has 27 heavy (non-hydrogen) atoms. The van der Waals surface area contributed by atoms with Crippen molar-refractivity contribution in [3.8, 4) is 16.5 Å². The van der Waals surface area contributed by atoms with Crippen LogP contribution in [0.2, 0.25) is 0 Å². The van der Waals surface area contributed by atoms with Crippen molar-refractivity contribution in [2.45, 2.75) is 19.9 Å². The zero-order valence-corrected chi connectivity index (χ0v) is 15.6. The summed E-state index contributed by atoms with van der Waals surface area (Å²) in [5.74, 6) is 0.184. The van der Waals surface area contributed by atoms with Crippen LogP contribution in [0.3, 0.4) is 0 Å². The molecule has 0 saturated carbocycles. The minimum absolute atomic E-state index is 0.0714. The molecule has 134 valence electrons. The number of fused-ring (bicyclic) bond motifs is 1. The van der Waals surface area contributed by atoms with Gasteiger partial charge in [-0.2, -0.15) is 5.26 Å². The highest BCUT2D eigenvalue weighted by Gasteiger charge is 2.29. The lowest BCUT2D eigenvalue weighted by Gasteiger charge is -2.30. The summed E-state index contributed by atoms with van der Waals surface area (Å²) in [4.78, 5) is 24.2. The molecule has 0 saturated heterocycles. The fourth-order valence-corrected chi connectivity index (χ4v) is 4.42. The Kier molecular flexibility index (Phi) is 4.34. The van der Waals surface area contributed by atoms with Crippen molar-refractivity contribution in [2.24, 2.45) is 0 Å². The topological polar surface area (TPSA) is 95.9 Å². The molecule has 2 N–H and O–H groups in total. The van der Waals surface area contributed by atoms with Gasteiger partial charge in [0.15, 0.2) is 0 Å². The van der Waals surface area contributed by atoms with Crippen LogP contribution in [-0.2, 0) is 13.0 Å². The molecule has 1 amide bonds. The summed E-state index contributed by atoms with van der Waals surface area (Å²) in [5.41, 5.74) is 10.7. The van der Waals surface area contributed by atoms with E-state index in [1.54, 1.807) is 40.8 Å². The van der Waals surface area contributed by atoms with Gasteiger partial charge in [0.25, 0.3) is 5.91 Å². The fraction of sp³-hybridized carbons (Fsp3) is 0.200. The van der Waals surface area contributed by atoms with Crippen LogP contribution in [0.25, 0.3) is 10.4 Å². The second-order valence-electron chi connectivity index (χ2n) is 6.44. The minimum Gasteiger partial charge on any atom is -0.383 e. The quantitative estimate of drug-likeness (QED) is 0.742. The zero-order valence-electron chi connectivity index (χ0n) is 14.8. The van der Waals surface area contributed by atoms with Crippen molar-refractivity contribution < 1.29 is 4.79 Å². The first-order valence-electron chi connectivity index (χ1n) is 8.55. The number of thiophene rings is 1. The number of pyridine rings is 2. The van der Waals surface area contributed by atoms with Crippen molar-refractivity contribution in [1.82, 2.24) is 14.9 Å². The van der Waals surface area contributed by atoms with Crippen LogP contribution >= 0.6 is 11.3 Å². The van der Waals surface area contributed by atoms with Crippen molar-refractivity contribution in [3.05, 3.63) is 63.9 Å². The van der Waals surface area contributed by atoms with E-state index in [-0.39, 0.29) is 11.7 Å². The molecule has 0 fully saturated rings. The third-order valence-corrected chi connectivity index (χ3v) is 5.81. The molecule has 1 aliphatic heterocycles. The number of anilines is 1. The number of hydrogen-bond donors (Lipinski definition) is 1. The number of carbonyl (C=O) groups excluding carboxylic acids is 1. The average Bonchev–Trinajstić information content (AvgIpc) is 3.12. The number of nitrogen functional groups attached to an aromatic ring is 1. The van der Waals surface area contributed by atoms with E-state index >= 15 is 0 Å². The second-order valence-corrected chi connectivity index (χ2v) is 7.35. The molecule has 0 atom stereocenters. The number of nitrogens with zero attached hydrogens (tertiary/aromatic N) is 4. The van der Waals surface area contributed by atoms with Gasteiger partial charge in [0, 0.05) is 47.9 Å². The van der Waals surface area contributed by atoms with Gasteiger partial charge >= 0.3 is 0 Å². The van der Waals surface area contributed by atoms with Crippen LogP contribution in [-0.4, -0.2) is 27.3 Å². The summed E-state index contributed by atoms with van der Waals surface area (Å²) < 4.78 is 0. The van der Waals surface area contributed by atoms with E-state index in [4.69, 9.17) is 5.73 Å². The van der Waals surface area contributed by atoms with E-state index < -0.39 is 0 Å². The van der Waals surface area contributed by atoms with E-state index in [1.165, 1.54) is 0 Å². The van der Waals surface area contributed by atoms with Crippen LogP contribution in [0.4, 0.5) is 5.82 Å². The van der Waals surface area contributed by atoms with Crippen LogP contribution in [0.1, 0.15) is 32.7 Å². The van der Waals surface area contributed by atoms with Gasteiger partial charge in [0.1, 0.15) is 17.5 Å². The third kappa shape index (κ3) is 2.94. The molecule has 4 heterocycles. The highest BCUT2D eigenvalue weighted by Crippen LogP contribution is 2.39. The first kappa shape index (κ1) is 17.2. The molecule has 7 heteroatoms. The normalized spacial score (nSPS) is 13.1. The maximum Gasteiger partial charge on any atom is 0.255 e. The van der Waals surface area contributed by atoms with Gasteiger partial charge in [0.05, 0.1) is 11.3 Å². The Balaban J connectivity index is 1.82. The predicted octanol–water partition coefficient (Wildman–Crippen LogP) is 3.17. The highest BCUT2D eigenvalue weighted by atomic mass is 32.1. The van der Waals surface area contributed by atoms with Crippen LogP contribution in [0, 0.1) is 18.3 Å². The first-order valence-corrected chi connectivity index (χ1v) is 9.43. The molecule has 0 spiro atoms. The number of rotatable bonds is 2. The highest BCUT2D eigenvalue weighted by molar-refractivity contribution is 7.13. The summed E-state index contributed by atoms with van der Waals surface area (Å²) in [6.07, 6.45) is 3.82. The van der Waals surface area contributed by atoms with E-state index in [0.717, 1.165) is 27.3 Å². The maximum atomic E-state index is 12.9. The van der Waals surface area contributed by atoms with Gasteiger partial charge in [0.2, 0.25) is 0 Å². The Bertz CT molecular complexity index is 1070. The van der Waals surface area contributed by atoms with E-state index in [2.05, 4.69) is 16.0 Å². The van der Waals surface area contributed by atoms with Crippen LogP contribution < -0.4 is 5.73 Å². The van der Waals surface area contributed by atoms with Gasteiger partial charge in [-0.05, 0) is 36.1 Å². The lowest BCUT2D eigenvalue weighted by Crippen LogP contribution is -2.37. The summed E-state index contributed by atoms with van der Waals surface area (Å²) in [7, 11) is 0. The SMILES string of the molecule is Cc1ccsc1-c1c(C#N)c(N)nc2c1CN(C(=O)c1cccnc1)CC2. The second kappa shape index (κ2) is 6.82. The number of aryl methyl sites for hydroxylation is 1. The Morgan fingerprint density at radius 2 is 2.26 bits per heavy atom. The van der Waals surface area contributed by atoms with E-state index in [0.29, 0.717) is 30.6 Å². The number of carbonyl (C=O) groups is 1. The summed E-state index contributed by atoms with van der Waals surface area (Å²) >= 11 is 1.57. The Morgan fingerprint density at radius 1 is 1.41 bits per heavy atom. The van der Waals surface area contributed by atoms with Gasteiger partial charge in [-0.1, -0.05) is 0 Å². The smallest absolute Gasteiger partial charge is 0.255 e. The summed E-state index contributed by atoms with van der Waals surface area (Å²) in [6, 6.07) is 7.74. The standard InChI is InChI=1S/C20H17N5OS/c1-12-5-8-27-18(12)17-14(9-21)19(22)24-16-4-7-25(11-15(16)17)20(26)13-3-2-6-23-10-13/h2-3,5-6,8,10H,4,7,11H2,1H3,(H2,22,24). The van der Waals surface area contributed by atoms with Crippen molar-refractivity contribution in [1.29, 1.82) is 5.26 Å². The number of aromatic nitrogens is 2. The molecule has 3 aromatic rings. The first-order chi connectivity index (χ1) is 13.1. The van der Waals surface area contributed by atoms with Crippen LogP contribution in [0.15, 0.2) is 36.0 Å². The van der Waals surface area contributed by atoms with Gasteiger partial charge in [-0.15, -0.1) is 11.3 Å². The fourth-order valence-electron chi connectivity index (χ4n) is 3.42. The molecule has 1 aliphatic rings. The van der Waals surface area contributed by atoms with E-state index in [1.807, 2.05) is 18.4 Å². The predicted molar refractivity (Wildman–Crippen MR) is 104 cm³/mol. The molecule has 6 nitrogen and oxygen atoms in total. The monoisotopic (exact) mass is 375 g/mol. The van der Waals surface area contributed by atoms with Crippen LogP contribution in [0.5, 0.6) is 0 Å². The number of hydrogen-bond acceptors (Lipinski definition) is 6. The van der Waals surface area contributed by atoms with Gasteiger partial charge in [-0.25, -0.2) is 4.98 Å². The number of amides is 1. The average molecular weight is 375 g/mol. The summed E-state index contributed by atoms with van der Waals surface area (Å²) in [5, 5.41) is 11.7. The largest absolute Gasteiger partial charge is 0.383 e. The molecule has 0 unspecified atom stereocenters. The molecule has 0 radical (unpaired) electrons. The maximum absolute atomic E-state index is 12.9. The van der Waals surface area contributed by atoms with Crippen molar-refractivity contribution >= 4 is 23.1 Å². The Labute approximate surface area is 160 Å². The lowest BCUT2D eigenvalue weighted by molar-refractivity contribution is 0.0733. The minimum atomic E-state index is -0.0714. The molecular formula is C20H17N5OS. The molecule has 3 aromatic heterocycles. The van der Waals surface area contributed by atoms with E-state index in [9.17, 15) is 10.1 Å². The Morgan fingerprint density at radius 3 is 2.93 bits per heavy atom. The van der Waals surface area contributed by atoms with Crippen molar-refractivity contribution in [2.75, 3.05) is 12.3 Å². The zero-order chi connectivity index (χ0) is 19.0. The third-order valence-electron chi connectivity index (χ3n) is 4.78. The van der Waals surface area contributed by atoms with Gasteiger partial charge in [-0.3, -0.25) is 9.78 Å². The molecule has 4 rings (SSSR count). The Hall–Kier alpha value is -3.24. The number of nitriles is 1. The lowest BCUT2D eigenvalue weighted by atomic mass is 9.93. The summed E-state index contributed by atoms with van der Waals surface area (Å²) in [6.45, 7) is 2.97. The molecular weight excluding hydrogens is 358 g/mol. The molecule has 0 aliphatic carbocycles.